The molecule has 32 heavy (non-hydrogen) atoms. The van der Waals surface area contributed by atoms with Crippen molar-refractivity contribution >= 4 is 32.8 Å². The summed E-state index contributed by atoms with van der Waals surface area (Å²) < 4.78 is 65.7. The van der Waals surface area contributed by atoms with Gasteiger partial charge >= 0.3 is 12.1 Å². The average Bonchev–Trinajstić information content (AvgIpc) is 3.07. The van der Waals surface area contributed by atoms with Crippen LogP contribution in [0.2, 0.25) is 0 Å². The van der Waals surface area contributed by atoms with E-state index < -0.39 is 39.8 Å². The highest BCUT2D eigenvalue weighted by molar-refractivity contribution is 7.90. The number of imidazole rings is 1. The number of fused-ring (bicyclic) bond motifs is 3. The number of halogens is 3. The van der Waals surface area contributed by atoms with E-state index in [1.807, 2.05) is 0 Å². The van der Waals surface area contributed by atoms with Crippen LogP contribution in [-0.2, 0) is 35.7 Å². The topological polar surface area (TPSA) is 139 Å². The Labute approximate surface area is 178 Å². The van der Waals surface area contributed by atoms with E-state index in [9.17, 15) is 31.5 Å². The van der Waals surface area contributed by atoms with Gasteiger partial charge in [-0.2, -0.15) is 13.2 Å². The summed E-state index contributed by atoms with van der Waals surface area (Å²) in [6.45, 7) is -0.0608. The second-order valence-corrected chi connectivity index (χ2v) is 9.20. The molecule has 0 spiro atoms. The molecule has 0 unspecified atom stereocenters. The van der Waals surface area contributed by atoms with Gasteiger partial charge in [-0.25, -0.2) is 28.2 Å². The Hall–Kier alpha value is -3.26. The van der Waals surface area contributed by atoms with Gasteiger partial charge in [0, 0.05) is 25.5 Å². The molecule has 0 atom stereocenters. The number of aliphatic hydroxyl groups is 1. The third kappa shape index (κ3) is 3.75. The summed E-state index contributed by atoms with van der Waals surface area (Å²) in [4.78, 5) is 24.2. The molecule has 3 aromatic rings. The van der Waals surface area contributed by atoms with E-state index in [0.29, 0.717) is 23.1 Å². The number of hydrogen-bond acceptors (Lipinski definition) is 8. The van der Waals surface area contributed by atoms with Gasteiger partial charge in [0.1, 0.15) is 11.4 Å². The van der Waals surface area contributed by atoms with Crippen molar-refractivity contribution in [1.82, 2.24) is 19.5 Å². The lowest BCUT2D eigenvalue weighted by Crippen LogP contribution is -2.35. The predicted octanol–water partition coefficient (Wildman–Crippen LogP) is 1.46. The van der Waals surface area contributed by atoms with E-state index in [-0.39, 0.29) is 36.0 Å². The van der Waals surface area contributed by atoms with Gasteiger partial charge < -0.3 is 19.7 Å². The highest BCUT2D eigenvalue weighted by atomic mass is 32.2. The molecule has 10 nitrogen and oxygen atoms in total. The molecule has 0 amide bonds. The van der Waals surface area contributed by atoms with Crippen molar-refractivity contribution in [2.45, 2.75) is 30.8 Å². The summed E-state index contributed by atoms with van der Waals surface area (Å²) in [6, 6.07) is 2.88. The number of alkyl halides is 3. The van der Waals surface area contributed by atoms with Crippen LogP contribution in [0.5, 0.6) is 0 Å². The summed E-state index contributed by atoms with van der Waals surface area (Å²) in [5.74, 6) is -1.65. The first-order chi connectivity index (χ1) is 14.9. The van der Waals surface area contributed by atoms with E-state index in [2.05, 4.69) is 15.0 Å². The fourth-order valence-corrected chi connectivity index (χ4v) is 4.55. The van der Waals surface area contributed by atoms with Gasteiger partial charge in [-0.3, -0.25) is 0 Å². The lowest BCUT2D eigenvalue weighted by molar-refractivity contribution is -0.141. The van der Waals surface area contributed by atoms with Gasteiger partial charge in [0.25, 0.3) is 0 Å². The van der Waals surface area contributed by atoms with Gasteiger partial charge in [-0.15, -0.1) is 0 Å². The van der Waals surface area contributed by atoms with Crippen LogP contribution in [0.25, 0.3) is 11.0 Å². The third-order valence-corrected chi connectivity index (χ3v) is 6.24. The summed E-state index contributed by atoms with van der Waals surface area (Å²) in [5.41, 5.74) is -1.46. The minimum absolute atomic E-state index is 0.0149. The second-order valence-electron chi connectivity index (χ2n) is 7.22. The average molecular weight is 471 g/mol. The molecule has 0 saturated heterocycles. The van der Waals surface area contributed by atoms with Crippen molar-refractivity contribution in [3.63, 3.8) is 0 Å². The van der Waals surface area contributed by atoms with Crippen molar-refractivity contribution < 1.29 is 36.6 Å². The smallest absolute Gasteiger partial charge is 0.434 e. The number of aliphatic hydroxyl groups excluding tert-OH is 1. The number of aromatic nitrogens is 4. The number of aromatic carboxylic acids is 1. The molecule has 3 heterocycles. The lowest BCUT2D eigenvalue weighted by Gasteiger charge is -2.28. The number of rotatable bonds is 4. The molecular weight excluding hydrogens is 455 g/mol. The molecular formula is C18H16F3N5O5S. The predicted molar refractivity (Wildman–Crippen MR) is 104 cm³/mol. The van der Waals surface area contributed by atoms with Crippen LogP contribution in [0.1, 0.15) is 27.4 Å². The quantitative estimate of drug-likeness (QED) is 0.579. The molecule has 1 aromatic carbocycles. The Bertz CT molecular complexity index is 1350. The fourth-order valence-electron chi connectivity index (χ4n) is 3.62. The normalized spacial score (nSPS) is 14.6. The Balaban J connectivity index is 1.75. The first kappa shape index (κ1) is 22.0. The monoisotopic (exact) mass is 471 g/mol. The SMILES string of the molecule is CS(=O)(=O)c1cc2c(cc1CO)nc1n2CCN(c2ncc(C(=O)O)c(C(F)(F)F)n2)C1. The molecule has 170 valence electrons. The summed E-state index contributed by atoms with van der Waals surface area (Å²) >= 11 is 0. The van der Waals surface area contributed by atoms with Gasteiger partial charge in [0.2, 0.25) is 5.95 Å². The van der Waals surface area contributed by atoms with Crippen LogP contribution >= 0.6 is 0 Å². The maximum absolute atomic E-state index is 13.3. The highest BCUT2D eigenvalue weighted by Gasteiger charge is 2.39. The van der Waals surface area contributed by atoms with Gasteiger partial charge in [-0.1, -0.05) is 0 Å². The van der Waals surface area contributed by atoms with E-state index >= 15 is 0 Å². The zero-order chi connectivity index (χ0) is 23.4. The molecule has 0 saturated carbocycles. The number of carboxylic acids is 1. The van der Waals surface area contributed by atoms with Gasteiger partial charge in [-0.05, 0) is 17.7 Å². The standard InChI is InChI=1S/C18H16F3N5O5S/c1-32(30,31)13-5-12-11(4-9(13)8-27)23-14-7-25(2-3-26(12)14)17-22-6-10(16(28)29)15(24-17)18(19,20)21/h4-6,27H,2-3,7-8H2,1H3,(H,28,29). The lowest BCUT2D eigenvalue weighted by atomic mass is 10.2. The number of anilines is 1. The zero-order valence-corrected chi connectivity index (χ0v) is 17.3. The number of carbonyl (C=O) groups is 1. The minimum atomic E-state index is -4.98. The van der Waals surface area contributed by atoms with Gasteiger partial charge in [0.05, 0.1) is 29.1 Å². The maximum atomic E-state index is 13.3. The molecule has 14 heteroatoms. The van der Waals surface area contributed by atoms with E-state index in [1.165, 1.54) is 17.0 Å². The van der Waals surface area contributed by atoms with E-state index in [1.54, 1.807) is 4.57 Å². The number of sulfone groups is 1. The molecule has 0 radical (unpaired) electrons. The van der Waals surface area contributed by atoms with Crippen molar-refractivity contribution in [2.24, 2.45) is 0 Å². The van der Waals surface area contributed by atoms with Crippen molar-refractivity contribution in [2.75, 3.05) is 17.7 Å². The Kier molecular flexibility index (Phi) is 5.08. The fraction of sp³-hybridized carbons (Fsp3) is 0.333. The second kappa shape index (κ2) is 7.41. The van der Waals surface area contributed by atoms with Crippen LogP contribution in [0, 0.1) is 0 Å². The maximum Gasteiger partial charge on any atom is 0.434 e. The Morgan fingerprint density at radius 1 is 1.22 bits per heavy atom. The van der Waals surface area contributed by atoms with Crippen LogP contribution < -0.4 is 4.90 Å². The van der Waals surface area contributed by atoms with Crippen molar-refractivity contribution in [1.29, 1.82) is 0 Å². The third-order valence-electron chi connectivity index (χ3n) is 5.06. The van der Waals surface area contributed by atoms with Crippen molar-refractivity contribution in [3.05, 3.63) is 41.0 Å². The van der Waals surface area contributed by atoms with E-state index in [4.69, 9.17) is 5.11 Å². The van der Waals surface area contributed by atoms with Crippen LogP contribution in [0.15, 0.2) is 23.2 Å². The molecule has 1 aliphatic heterocycles. The van der Waals surface area contributed by atoms with E-state index in [0.717, 1.165) is 6.26 Å². The molecule has 1 aliphatic rings. The first-order valence-corrected chi connectivity index (χ1v) is 11.0. The van der Waals surface area contributed by atoms with Gasteiger partial charge in [0.15, 0.2) is 15.5 Å². The number of nitrogens with zero attached hydrogens (tertiary/aromatic N) is 5. The van der Waals surface area contributed by atoms with Crippen LogP contribution in [0.4, 0.5) is 19.1 Å². The number of hydrogen-bond donors (Lipinski definition) is 2. The molecule has 2 aromatic heterocycles. The van der Waals surface area contributed by atoms with Crippen LogP contribution in [-0.4, -0.2) is 56.9 Å². The molecule has 0 fully saturated rings. The Morgan fingerprint density at radius 3 is 2.53 bits per heavy atom. The largest absolute Gasteiger partial charge is 0.478 e. The summed E-state index contributed by atoms with van der Waals surface area (Å²) in [6.07, 6.45) is -3.33. The summed E-state index contributed by atoms with van der Waals surface area (Å²) in [5, 5.41) is 18.5. The highest BCUT2D eigenvalue weighted by Crippen LogP contribution is 2.32. The molecule has 2 N–H and O–H groups in total. The number of benzene rings is 1. The molecule has 0 bridgehead atoms. The molecule has 0 aliphatic carbocycles. The first-order valence-electron chi connectivity index (χ1n) is 9.15. The Morgan fingerprint density at radius 2 is 1.94 bits per heavy atom. The van der Waals surface area contributed by atoms with Crippen molar-refractivity contribution in [3.8, 4) is 0 Å². The van der Waals surface area contributed by atoms with Crippen LogP contribution in [0.3, 0.4) is 0 Å². The summed E-state index contributed by atoms with van der Waals surface area (Å²) in [7, 11) is -3.61. The zero-order valence-electron chi connectivity index (χ0n) is 16.5. The number of carboxylic acid groups (broad SMARTS) is 1. The minimum Gasteiger partial charge on any atom is -0.478 e. The molecule has 4 rings (SSSR count).